The average Bonchev–Trinajstić information content (AvgIpc) is 3.18. The maximum absolute atomic E-state index is 13.4. The minimum atomic E-state index is -1.22. The Morgan fingerprint density at radius 1 is 1.11 bits per heavy atom. The van der Waals surface area contributed by atoms with Gasteiger partial charge in [0.05, 0.1) is 29.3 Å². The molecule has 0 bridgehead atoms. The number of nitrogens with zero attached hydrogens (tertiary/aromatic N) is 4. The van der Waals surface area contributed by atoms with Crippen molar-refractivity contribution in [2.75, 3.05) is 25.0 Å². The van der Waals surface area contributed by atoms with Crippen molar-refractivity contribution in [1.82, 2.24) is 14.5 Å². The zero-order valence-electron chi connectivity index (χ0n) is 18.2. The first-order chi connectivity index (χ1) is 16.9. The molecule has 11 heteroatoms. The maximum Gasteiger partial charge on any atom is 0.410 e. The van der Waals surface area contributed by atoms with Crippen LogP contribution >= 0.6 is 0 Å². The number of hydrogen-bond donors (Lipinski definition) is 3. The Labute approximate surface area is 196 Å². The van der Waals surface area contributed by atoms with Gasteiger partial charge in [0.15, 0.2) is 6.61 Å². The fourth-order valence-electron chi connectivity index (χ4n) is 4.93. The smallest absolute Gasteiger partial charge is 0.410 e. The number of carboxylic acids is 1. The fourth-order valence-corrected chi connectivity index (χ4v) is 4.93. The number of ether oxygens (including phenoxy) is 1. The number of carboxylic acid groups (broad SMARTS) is 1. The summed E-state index contributed by atoms with van der Waals surface area (Å²) < 4.78 is 6.06. The number of aromatic hydroxyl groups is 1. The van der Waals surface area contributed by atoms with Crippen LogP contribution in [0.4, 0.5) is 10.5 Å². The van der Waals surface area contributed by atoms with E-state index in [4.69, 9.17) is 14.8 Å². The quantitative estimate of drug-likeness (QED) is 0.403. The predicted molar refractivity (Wildman–Crippen MR) is 125 cm³/mol. The van der Waals surface area contributed by atoms with E-state index in [1.54, 1.807) is 42.6 Å². The number of aliphatic carboxylic acids is 1. The van der Waals surface area contributed by atoms with Crippen molar-refractivity contribution in [3.8, 4) is 11.6 Å². The van der Waals surface area contributed by atoms with E-state index in [2.05, 4.69) is 10.3 Å². The number of pyridine rings is 2. The Balaban J connectivity index is 1.48. The molecule has 35 heavy (non-hydrogen) atoms. The van der Waals surface area contributed by atoms with Gasteiger partial charge in [0, 0.05) is 46.5 Å². The Morgan fingerprint density at radius 3 is 2.71 bits per heavy atom. The largest absolute Gasteiger partial charge is 0.494 e. The summed E-state index contributed by atoms with van der Waals surface area (Å²) in [4.78, 5) is 46.7. The number of amides is 1. The van der Waals surface area contributed by atoms with Gasteiger partial charge in [-0.1, -0.05) is 0 Å². The van der Waals surface area contributed by atoms with Crippen molar-refractivity contribution in [3.05, 3.63) is 64.5 Å². The van der Waals surface area contributed by atoms with Gasteiger partial charge in [-0.3, -0.25) is 14.8 Å². The van der Waals surface area contributed by atoms with Crippen LogP contribution in [0, 0.1) is 0 Å². The van der Waals surface area contributed by atoms with Crippen LogP contribution in [0.2, 0.25) is 0 Å². The molecular weight excluding hydrogens is 454 g/mol. The monoisotopic (exact) mass is 473 g/mol. The van der Waals surface area contributed by atoms with Crippen LogP contribution in [-0.4, -0.2) is 68.5 Å². The molecule has 2 aliphatic heterocycles. The molecule has 1 fully saturated rings. The molecule has 0 saturated carbocycles. The molecule has 1 saturated heterocycles. The normalized spacial score (nSPS) is 18.6. The van der Waals surface area contributed by atoms with Crippen molar-refractivity contribution in [1.29, 1.82) is 0 Å². The number of benzene rings is 2. The summed E-state index contributed by atoms with van der Waals surface area (Å²) in [5.74, 6) is -1.41. The number of rotatable bonds is 3. The molecule has 176 valence electrons. The maximum atomic E-state index is 13.4. The second-order valence-electron chi connectivity index (χ2n) is 8.52. The standard InChI is InChI=1S/C24H19N5O6/c30-19(31)11-35-24(34)28-9-17-18(10-28)27-16-6-4-14-20-13(3-5-15(26-17)21(16)20)22(32)29(23(14)33)12-2-1-7-25-8-12/h1-8,17-18,26,33H,9-11H2,(H,30,31). The van der Waals surface area contributed by atoms with Crippen LogP contribution in [0.3, 0.4) is 0 Å². The van der Waals surface area contributed by atoms with Gasteiger partial charge in [-0.15, -0.1) is 0 Å². The van der Waals surface area contributed by atoms with Gasteiger partial charge in [-0.05, 0) is 36.4 Å². The lowest BCUT2D eigenvalue weighted by molar-refractivity contribution is -0.140. The molecule has 1 amide bonds. The molecule has 2 atom stereocenters. The van der Waals surface area contributed by atoms with Crippen LogP contribution in [-0.2, 0) is 9.53 Å². The Morgan fingerprint density at radius 2 is 1.94 bits per heavy atom. The van der Waals surface area contributed by atoms with Gasteiger partial charge in [0.2, 0.25) is 5.88 Å². The summed E-state index contributed by atoms with van der Waals surface area (Å²) in [7, 11) is 0. The average molecular weight is 473 g/mol. The first-order valence-electron chi connectivity index (χ1n) is 10.9. The van der Waals surface area contributed by atoms with E-state index in [0.717, 1.165) is 11.1 Å². The van der Waals surface area contributed by atoms with E-state index >= 15 is 0 Å². The summed E-state index contributed by atoms with van der Waals surface area (Å²) >= 11 is 0. The molecule has 2 aromatic carbocycles. The number of aromatic nitrogens is 2. The summed E-state index contributed by atoms with van der Waals surface area (Å²) in [6, 6.07) is 9.88. The van der Waals surface area contributed by atoms with E-state index < -0.39 is 18.7 Å². The SMILES string of the molecule is O=C(O)COC(=O)N1CC2N=c3ccc4c(O)n(-c5cccnc5)c(=O)c5ccc(c3c45)NC2C1. The third-order valence-electron chi connectivity index (χ3n) is 6.44. The number of anilines is 1. The molecule has 0 spiro atoms. The molecule has 11 nitrogen and oxygen atoms in total. The van der Waals surface area contributed by atoms with E-state index in [1.807, 2.05) is 0 Å². The minimum Gasteiger partial charge on any atom is -0.494 e. The number of hydrogen-bond acceptors (Lipinski definition) is 8. The molecule has 6 rings (SSSR count). The lowest BCUT2D eigenvalue weighted by Crippen LogP contribution is -2.33. The van der Waals surface area contributed by atoms with Gasteiger partial charge in [-0.2, -0.15) is 0 Å². The lowest BCUT2D eigenvalue weighted by Gasteiger charge is -2.19. The zero-order valence-corrected chi connectivity index (χ0v) is 18.2. The number of likely N-dealkylation sites (tertiary alicyclic amines) is 1. The summed E-state index contributed by atoms with van der Waals surface area (Å²) in [5.41, 5.74) is 0.815. The van der Waals surface area contributed by atoms with E-state index in [9.17, 15) is 19.5 Å². The summed E-state index contributed by atoms with van der Waals surface area (Å²) in [6.45, 7) is -0.167. The molecular formula is C24H19N5O6. The highest BCUT2D eigenvalue weighted by Crippen LogP contribution is 2.35. The molecule has 0 aliphatic carbocycles. The second kappa shape index (κ2) is 7.69. The molecule has 3 N–H and O–H groups in total. The van der Waals surface area contributed by atoms with Crippen molar-refractivity contribution in [2.24, 2.45) is 4.99 Å². The van der Waals surface area contributed by atoms with Crippen molar-refractivity contribution < 1.29 is 24.5 Å². The number of carbonyl (C=O) groups excluding carboxylic acids is 1. The fraction of sp³-hybridized carbons (Fsp3) is 0.208. The summed E-state index contributed by atoms with van der Waals surface area (Å²) in [6.07, 6.45) is 2.40. The van der Waals surface area contributed by atoms with E-state index in [0.29, 0.717) is 27.2 Å². The van der Waals surface area contributed by atoms with Gasteiger partial charge in [0.1, 0.15) is 0 Å². The van der Waals surface area contributed by atoms with Crippen LogP contribution in [0.25, 0.3) is 27.2 Å². The number of nitrogens with one attached hydrogen (secondary N) is 1. The highest BCUT2D eigenvalue weighted by molar-refractivity contribution is 6.15. The predicted octanol–water partition coefficient (Wildman–Crippen LogP) is 1.28. The third kappa shape index (κ3) is 3.23. The first kappa shape index (κ1) is 20.9. The molecule has 4 heterocycles. The van der Waals surface area contributed by atoms with Crippen LogP contribution in [0.5, 0.6) is 5.88 Å². The Bertz CT molecular complexity index is 1630. The molecule has 0 radical (unpaired) electrons. The first-order valence-corrected chi connectivity index (χ1v) is 10.9. The van der Waals surface area contributed by atoms with Gasteiger partial charge >= 0.3 is 12.1 Å². The summed E-state index contributed by atoms with van der Waals surface area (Å²) in [5, 5.41) is 26.2. The third-order valence-corrected chi connectivity index (χ3v) is 6.44. The minimum absolute atomic E-state index is 0.184. The number of carbonyl (C=O) groups is 2. The Kier molecular flexibility index (Phi) is 4.59. The van der Waals surface area contributed by atoms with Crippen molar-refractivity contribution in [2.45, 2.75) is 12.1 Å². The van der Waals surface area contributed by atoms with E-state index in [1.165, 1.54) is 15.7 Å². The zero-order chi connectivity index (χ0) is 24.3. The molecule has 2 aromatic heterocycles. The second-order valence-corrected chi connectivity index (χ2v) is 8.52. The molecule has 4 aromatic rings. The van der Waals surface area contributed by atoms with Crippen LogP contribution in [0.15, 0.2) is 58.6 Å². The highest BCUT2D eigenvalue weighted by Gasteiger charge is 2.37. The lowest BCUT2D eigenvalue weighted by atomic mass is 10.00. The van der Waals surface area contributed by atoms with E-state index in [-0.39, 0.29) is 36.6 Å². The molecule has 2 unspecified atom stereocenters. The van der Waals surface area contributed by atoms with Crippen LogP contribution in [0.1, 0.15) is 0 Å². The number of fused-ring (bicyclic) bond motifs is 1. The van der Waals surface area contributed by atoms with Gasteiger partial charge in [-0.25, -0.2) is 14.2 Å². The van der Waals surface area contributed by atoms with Gasteiger partial charge in [0.25, 0.3) is 5.56 Å². The van der Waals surface area contributed by atoms with Crippen molar-refractivity contribution >= 4 is 39.3 Å². The highest BCUT2D eigenvalue weighted by atomic mass is 16.6. The van der Waals surface area contributed by atoms with Crippen LogP contribution < -0.4 is 16.2 Å². The van der Waals surface area contributed by atoms with Crippen molar-refractivity contribution in [3.63, 3.8) is 0 Å². The Hall–Kier alpha value is -4.67. The topological polar surface area (TPSA) is 146 Å². The van der Waals surface area contributed by atoms with Gasteiger partial charge < -0.3 is 25.2 Å². The molecule has 2 aliphatic rings.